The van der Waals surface area contributed by atoms with Gasteiger partial charge in [-0.1, -0.05) is 36.4 Å². The summed E-state index contributed by atoms with van der Waals surface area (Å²) in [6.07, 6.45) is 6.74. The van der Waals surface area contributed by atoms with Crippen LogP contribution in [0.25, 0.3) is 17.3 Å². The van der Waals surface area contributed by atoms with Gasteiger partial charge in [-0.05, 0) is 86.5 Å². The fourth-order valence-corrected chi connectivity index (χ4v) is 6.27. The minimum absolute atomic E-state index is 0.0416. The van der Waals surface area contributed by atoms with Gasteiger partial charge in [0.05, 0.1) is 34.9 Å². The number of aryl methyl sites for hydroxylation is 1. The molecule has 48 heavy (non-hydrogen) atoms. The van der Waals surface area contributed by atoms with Gasteiger partial charge in [0.15, 0.2) is 5.82 Å². The number of anilines is 4. The van der Waals surface area contributed by atoms with Gasteiger partial charge in [-0.15, -0.1) is 0 Å². The second-order valence-electron chi connectivity index (χ2n) is 12.2. The Morgan fingerprint density at radius 1 is 0.958 bits per heavy atom. The molecular formula is C37H38N8O3. The van der Waals surface area contributed by atoms with Gasteiger partial charge in [0.25, 0.3) is 11.8 Å². The molecule has 0 spiro atoms. The Labute approximate surface area is 279 Å². The zero-order valence-electron chi connectivity index (χ0n) is 26.8. The average Bonchev–Trinajstić information content (AvgIpc) is 3.58. The first kappa shape index (κ1) is 31.1. The fourth-order valence-electron chi connectivity index (χ4n) is 6.27. The summed E-state index contributed by atoms with van der Waals surface area (Å²) < 4.78 is 0. The molecular weight excluding hydrogens is 604 g/mol. The van der Waals surface area contributed by atoms with Crippen molar-refractivity contribution in [2.45, 2.75) is 19.3 Å². The van der Waals surface area contributed by atoms with Crippen LogP contribution in [0.2, 0.25) is 0 Å². The van der Waals surface area contributed by atoms with Crippen molar-refractivity contribution in [1.29, 1.82) is 0 Å². The van der Waals surface area contributed by atoms with Crippen LogP contribution in [0.3, 0.4) is 0 Å². The highest BCUT2D eigenvalue weighted by atomic mass is 16.2. The molecule has 1 aromatic heterocycles. The topological polar surface area (TPSA) is 134 Å². The third kappa shape index (κ3) is 6.64. The molecule has 0 bridgehead atoms. The van der Waals surface area contributed by atoms with E-state index in [0.717, 1.165) is 73.8 Å². The molecule has 4 aromatic rings. The van der Waals surface area contributed by atoms with Crippen LogP contribution in [0, 0.1) is 0 Å². The fraction of sp³-hybridized carbons (Fsp3) is 0.243. The first-order chi connectivity index (χ1) is 23.4. The van der Waals surface area contributed by atoms with E-state index in [1.165, 1.54) is 0 Å². The monoisotopic (exact) mass is 642 g/mol. The Morgan fingerprint density at radius 3 is 2.58 bits per heavy atom. The number of amides is 3. The molecule has 7 rings (SSSR count). The summed E-state index contributed by atoms with van der Waals surface area (Å²) >= 11 is 0. The van der Waals surface area contributed by atoms with Crippen molar-refractivity contribution in [1.82, 2.24) is 20.2 Å². The van der Waals surface area contributed by atoms with E-state index in [2.05, 4.69) is 42.2 Å². The quantitative estimate of drug-likeness (QED) is 0.174. The highest BCUT2D eigenvalue weighted by Crippen LogP contribution is 2.39. The van der Waals surface area contributed by atoms with Gasteiger partial charge in [-0.25, -0.2) is 4.98 Å². The van der Waals surface area contributed by atoms with Crippen LogP contribution in [-0.4, -0.2) is 72.4 Å². The minimum atomic E-state index is -0.348. The second-order valence-corrected chi connectivity index (χ2v) is 12.2. The molecule has 3 heterocycles. The molecule has 3 aliphatic rings. The Morgan fingerprint density at radius 2 is 1.77 bits per heavy atom. The Bertz CT molecular complexity index is 1900. The lowest BCUT2D eigenvalue weighted by molar-refractivity contribution is -0.119. The summed E-state index contributed by atoms with van der Waals surface area (Å²) in [5.41, 5.74) is 7.13. The molecule has 0 unspecified atom stereocenters. The molecule has 1 aliphatic carbocycles. The standard InChI is InChI=1S/C37H38N8O3/c1-44(32(46)23-45-20-7-18-38-19-21-45)27-15-12-25(13-16-27)39-34(24-8-3-2-4-9-24)33-28-17-14-26(22-31(28)43-36(33)47)40-37(48)35-41-29-10-5-6-11-30(29)42-35/h2-5,8-10,12-17,22,38-39H,6-7,11,18-21,23H2,1H3,(H,40,48)(H,41,42)(H,43,47)/b34-33-. The van der Waals surface area contributed by atoms with Crippen LogP contribution >= 0.6 is 0 Å². The van der Waals surface area contributed by atoms with Crippen LogP contribution in [0.5, 0.6) is 0 Å². The number of hydrogen-bond donors (Lipinski definition) is 5. The predicted octanol–water partition coefficient (Wildman–Crippen LogP) is 4.81. The SMILES string of the molecule is CN(C(=O)CN1CCCNCC1)c1ccc(N/C(=C2\C(=O)Nc3cc(NC(=O)c4nc5c([nH]4)C=CCC5)ccc32)c2ccccc2)cc1. The van der Waals surface area contributed by atoms with Crippen molar-refractivity contribution in [3.63, 3.8) is 0 Å². The van der Waals surface area contributed by atoms with Crippen molar-refractivity contribution in [3.8, 4) is 0 Å². The van der Waals surface area contributed by atoms with E-state index in [1.807, 2.05) is 66.7 Å². The molecule has 11 heteroatoms. The van der Waals surface area contributed by atoms with Gasteiger partial charge < -0.3 is 31.2 Å². The highest BCUT2D eigenvalue weighted by Gasteiger charge is 2.29. The number of benzene rings is 3. The summed E-state index contributed by atoms with van der Waals surface area (Å²) in [7, 11) is 1.80. The van der Waals surface area contributed by atoms with E-state index < -0.39 is 0 Å². The van der Waals surface area contributed by atoms with E-state index in [-0.39, 0.29) is 23.5 Å². The number of aromatic amines is 1. The Hall–Kier alpha value is -5.52. The maximum Gasteiger partial charge on any atom is 0.291 e. The number of likely N-dealkylation sites (N-methyl/N-ethyl adjacent to an activating group) is 1. The molecule has 3 amide bonds. The number of aromatic nitrogens is 2. The zero-order chi connectivity index (χ0) is 33.0. The molecule has 0 atom stereocenters. The van der Waals surface area contributed by atoms with Gasteiger partial charge in [-0.2, -0.15) is 0 Å². The largest absolute Gasteiger partial charge is 0.354 e. The number of carbonyl (C=O) groups excluding carboxylic acids is 3. The third-order valence-corrected chi connectivity index (χ3v) is 8.88. The number of carbonyl (C=O) groups is 3. The maximum atomic E-state index is 13.5. The van der Waals surface area contributed by atoms with E-state index in [4.69, 9.17) is 0 Å². The number of nitrogens with one attached hydrogen (secondary N) is 5. The Balaban J connectivity index is 1.11. The summed E-state index contributed by atoms with van der Waals surface area (Å²) in [6, 6.07) is 22.7. The summed E-state index contributed by atoms with van der Waals surface area (Å²) in [4.78, 5) is 51.0. The number of nitrogens with zero attached hydrogens (tertiary/aromatic N) is 3. The number of rotatable bonds is 8. The van der Waals surface area contributed by atoms with E-state index >= 15 is 0 Å². The van der Waals surface area contributed by atoms with Gasteiger partial charge in [0.2, 0.25) is 5.91 Å². The summed E-state index contributed by atoms with van der Waals surface area (Å²) in [6.45, 7) is 4.02. The Kier molecular flexibility index (Phi) is 8.87. The van der Waals surface area contributed by atoms with Crippen molar-refractivity contribution >= 4 is 57.8 Å². The third-order valence-electron chi connectivity index (χ3n) is 8.88. The van der Waals surface area contributed by atoms with Crippen molar-refractivity contribution in [2.75, 3.05) is 60.6 Å². The smallest absolute Gasteiger partial charge is 0.291 e. The van der Waals surface area contributed by atoms with Gasteiger partial charge in [0, 0.05) is 42.8 Å². The number of allylic oxidation sites excluding steroid dienone is 1. The molecule has 3 aromatic carbocycles. The lowest BCUT2D eigenvalue weighted by Crippen LogP contribution is -2.39. The second kappa shape index (κ2) is 13.7. The first-order valence-electron chi connectivity index (χ1n) is 16.3. The zero-order valence-corrected chi connectivity index (χ0v) is 26.8. The minimum Gasteiger partial charge on any atom is -0.354 e. The van der Waals surface area contributed by atoms with Gasteiger partial charge in [0.1, 0.15) is 0 Å². The van der Waals surface area contributed by atoms with Crippen molar-refractivity contribution < 1.29 is 14.4 Å². The summed E-state index contributed by atoms with van der Waals surface area (Å²) in [5.74, 6) is -0.306. The summed E-state index contributed by atoms with van der Waals surface area (Å²) in [5, 5.41) is 12.7. The van der Waals surface area contributed by atoms with Crippen LogP contribution < -0.4 is 26.2 Å². The average molecular weight is 643 g/mol. The normalized spacial score (nSPS) is 16.7. The molecule has 244 valence electrons. The van der Waals surface area contributed by atoms with E-state index in [9.17, 15) is 14.4 Å². The van der Waals surface area contributed by atoms with Crippen molar-refractivity contribution in [3.05, 3.63) is 107 Å². The van der Waals surface area contributed by atoms with Crippen LogP contribution in [0.4, 0.5) is 22.7 Å². The number of imidazole rings is 1. The molecule has 0 radical (unpaired) electrons. The predicted molar refractivity (Wildman–Crippen MR) is 190 cm³/mol. The molecule has 5 N–H and O–H groups in total. The van der Waals surface area contributed by atoms with Crippen LogP contribution in [-0.2, 0) is 16.0 Å². The highest BCUT2D eigenvalue weighted by molar-refractivity contribution is 6.37. The number of H-pyrrole nitrogens is 1. The molecule has 11 nitrogen and oxygen atoms in total. The maximum absolute atomic E-state index is 13.5. The molecule has 0 saturated carbocycles. The van der Waals surface area contributed by atoms with Gasteiger partial charge in [-0.3, -0.25) is 19.3 Å². The molecule has 2 aliphatic heterocycles. The number of hydrogen-bond acceptors (Lipinski definition) is 7. The van der Waals surface area contributed by atoms with E-state index in [1.54, 1.807) is 24.1 Å². The lowest BCUT2D eigenvalue weighted by atomic mass is 9.99. The van der Waals surface area contributed by atoms with Crippen molar-refractivity contribution in [2.24, 2.45) is 0 Å². The van der Waals surface area contributed by atoms with Crippen LogP contribution in [0.15, 0.2) is 78.9 Å². The van der Waals surface area contributed by atoms with Crippen LogP contribution in [0.1, 0.15) is 46.0 Å². The molecule has 1 saturated heterocycles. The van der Waals surface area contributed by atoms with E-state index in [0.29, 0.717) is 34.8 Å². The first-order valence-corrected chi connectivity index (χ1v) is 16.3. The number of fused-ring (bicyclic) bond motifs is 2. The molecule has 1 fully saturated rings. The van der Waals surface area contributed by atoms with Gasteiger partial charge >= 0.3 is 0 Å². The lowest BCUT2D eigenvalue weighted by Gasteiger charge is -2.24.